The average Bonchev–Trinajstić information content (AvgIpc) is 2.29. The highest BCUT2D eigenvalue weighted by molar-refractivity contribution is 7.89. The Morgan fingerprint density at radius 3 is 2.50 bits per heavy atom. The molecular weight excluding hydrogens is 325 g/mol. The molecule has 0 amide bonds. The average molecular weight is 340 g/mol. The van der Waals surface area contributed by atoms with Crippen LogP contribution in [0.25, 0.3) is 0 Å². The lowest BCUT2D eigenvalue weighted by Crippen LogP contribution is -2.43. The minimum absolute atomic E-state index is 0.0595. The number of halogens is 2. The smallest absolute Gasteiger partial charge is 0.303 e. The number of hydrogen-bond acceptors (Lipinski definition) is 3. The molecule has 0 saturated heterocycles. The van der Waals surface area contributed by atoms with Crippen LogP contribution >= 0.6 is 23.2 Å². The maximum atomic E-state index is 12.3. The van der Waals surface area contributed by atoms with Crippen molar-refractivity contribution >= 4 is 39.2 Å². The van der Waals surface area contributed by atoms with Crippen molar-refractivity contribution in [3.8, 4) is 0 Å². The Kier molecular flexibility index (Phi) is 5.43. The maximum absolute atomic E-state index is 12.3. The quantitative estimate of drug-likeness (QED) is 0.834. The number of carbonyl (C=O) groups is 1. The Labute approximate surface area is 127 Å². The molecule has 0 atom stereocenters. The van der Waals surface area contributed by atoms with Crippen molar-refractivity contribution < 1.29 is 18.3 Å². The summed E-state index contributed by atoms with van der Waals surface area (Å²) < 4.78 is 27.0. The van der Waals surface area contributed by atoms with Crippen LogP contribution in [0.4, 0.5) is 0 Å². The second-order valence-corrected chi connectivity index (χ2v) is 7.37. The fraction of sp³-hybridized carbons (Fsp3) is 0.417. The second-order valence-electron chi connectivity index (χ2n) is 4.94. The lowest BCUT2D eigenvalue weighted by atomic mass is 10.0. The van der Waals surface area contributed by atoms with E-state index in [0.29, 0.717) is 0 Å². The number of hydrogen-bond donors (Lipinski definition) is 2. The maximum Gasteiger partial charge on any atom is 0.303 e. The Morgan fingerprint density at radius 2 is 1.95 bits per heavy atom. The molecule has 0 unspecified atom stereocenters. The summed E-state index contributed by atoms with van der Waals surface area (Å²) >= 11 is 11.7. The number of sulfonamides is 1. The van der Waals surface area contributed by atoms with E-state index in [1.54, 1.807) is 13.8 Å². The number of carboxylic acid groups (broad SMARTS) is 1. The summed E-state index contributed by atoms with van der Waals surface area (Å²) in [5.74, 6) is -0.988. The van der Waals surface area contributed by atoms with E-state index >= 15 is 0 Å². The molecule has 0 heterocycles. The predicted octanol–water partition coefficient (Wildman–Crippen LogP) is 2.92. The molecule has 0 spiro atoms. The van der Waals surface area contributed by atoms with Gasteiger partial charge in [-0.2, -0.15) is 0 Å². The van der Waals surface area contributed by atoms with Crippen LogP contribution in [0.15, 0.2) is 23.1 Å². The molecule has 0 aliphatic rings. The largest absolute Gasteiger partial charge is 0.481 e. The molecule has 0 saturated carbocycles. The Balaban J connectivity index is 3.00. The lowest BCUT2D eigenvalue weighted by Gasteiger charge is -2.25. The zero-order valence-electron chi connectivity index (χ0n) is 11.0. The van der Waals surface area contributed by atoms with Gasteiger partial charge >= 0.3 is 5.97 Å². The van der Waals surface area contributed by atoms with Crippen molar-refractivity contribution in [1.82, 2.24) is 4.72 Å². The van der Waals surface area contributed by atoms with Gasteiger partial charge in [0, 0.05) is 12.0 Å². The fourth-order valence-electron chi connectivity index (χ4n) is 1.58. The number of aliphatic carboxylic acids is 1. The minimum atomic E-state index is -3.88. The molecule has 0 bridgehead atoms. The van der Waals surface area contributed by atoms with Gasteiger partial charge in [-0.25, -0.2) is 13.1 Å². The zero-order valence-corrected chi connectivity index (χ0v) is 13.3. The molecule has 1 rings (SSSR count). The van der Waals surface area contributed by atoms with Crippen LogP contribution in [0.5, 0.6) is 0 Å². The molecule has 20 heavy (non-hydrogen) atoms. The summed E-state index contributed by atoms with van der Waals surface area (Å²) in [6.07, 6.45) is 0.0124. The van der Waals surface area contributed by atoms with Gasteiger partial charge in [0.05, 0.1) is 10.0 Å². The molecule has 0 aliphatic heterocycles. The number of nitrogens with one attached hydrogen (secondary N) is 1. The molecule has 8 heteroatoms. The Bertz CT molecular complexity index is 614. The van der Waals surface area contributed by atoms with E-state index in [4.69, 9.17) is 28.3 Å². The molecule has 5 nitrogen and oxygen atoms in total. The highest BCUT2D eigenvalue weighted by Crippen LogP contribution is 2.29. The highest BCUT2D eigenvalue weighted by atomic mass is 35.5. The topological polar surface area (TPSA) is 83.5 Å². The summed E-state index contributed by atoms with van der Waals surface area (Å²) in [6, 6.07) is 4.30. The van der Waals surface area contributed by atoms with E-state index in [2.05, 4.69) is 4.72 Å². The molecule has 0 radical (unpaired) electrons. The van der Waals surface area contributed by atoms with Crippen LogP contribution in [0.2, 0.25) is 10.0 Å². The van der Waals surface area contributed by atoms with E-state index < -0.39 is 21.5 Å². The minimum Gasteiger partial charge on any atom is -0.481 e. The Morgan fingerprint density at radius 1 is 1.35 bits per heavy atom. The van der Waals surface area contributed by atoms with Gasteiger partial charge in [-0.3, -0.25) is 4.79 Å². The van der Waals surface area contributed by atoms with E-state index in [1.807, 2.05) is 0 Å². The summed E-state index contributed by atoms with van der Waals surface area (Å²) in [7, 11) is -3.88. The van der Waals surface area contributed by atoms with E-state index in [-0.39, 0.29) is 27.8 Å². The fourth-order valence-corrected chi connectivity index (χ4v) is 3.79. The van der Waals surface area contributed by atoms with Gasteiger partial charge in [-0.05, 0) is 32.4 Å². The van der Waals surface area contributed by atoms with E-state index in [1.165, 1.54) is 18.2 Å². The molecule has 112 valence electrons. The zero-order chi connectivity index (χ0) is 15.6. The summed E-state index contributed by atoms with van der Waals surface area (Å²) in [5.41, 5.74) is -0.914. The predicted molar refractivity (Wildman–Crippen MR) is 77.7 cm³/mol. The van der Waals surface area contributed by atoms with Gasteiger partial charge in [-0.15, -0.1) is 0 Å². The van der Waals surface area contributed by atoms with Crippen molar-refractivity contribution in [2.45, 2.75) is 37.1 Å². The van der Waals surface area contributed by atoms with Gasteiger partial charge in [0.25, 0.3) is 0 Å². The molecule has 0 aliphatic carbocycles. The van der Waals surface area contributed by atoms with Crippen LogP contribution < -0.4 is 4.72 Å². The molecular formula is C12H15Cl2NO4S. The van der Waals surface area contributed by atoms with E-state index in [9.17, 15) is 13.2 Å². The molecule has 1 aromatic rings. The Hall–Kier alpha value is -0.820. The van der Waals surface area contributed by atoms with Crippen LogP contribution in [0, 0.1) is 0 Å². The van der Waals surface area contributed by atoms with Crippen molar-refractivity contribution in [3.05, 3.63) is 28.2 Å². The third-order valence-electron chi connectivity index (χ3n) is 2.58. The lowest BCUT2D eigenvalue weighted by molar-refractivity contribution is -0.137. The molecule has 1 aromatic carbocycles. The van der Waals surface area contributed by atoms with Gasteiger partial charge in [-0.1, -0.05) is 29.3 Å². The van der Waals surface area contributed by atoms with Crippen molar-refractivity contribution in [2.75, 3.05) is 0 Å². The molecule has 2 N–H and O–H groups in total. The SMILES string of the molecule is CC(C)(CCC(=O)O)NS(=O)(=O)c1cccc(Cl)c1Cl. The van der Waals surface area contributed by atoms with E-state index in [0.717, 1.165) is 0 Å². The highest BCUT2D eigenvalue weighted by Gasteiger charge is 2.28. The van der Waals surface area contributed by atoms with Crippen LogP contribution in [-0.2, 0) is 14.8 Å². The first-order valence-electron chi connectivity index (χ1n) is 5.75. The standard InChI is InChI=1S/C12H15Cl2NO4S/c1-12(2,7-6-10(16)17)15-20(18,19)9-5-3-4-8(13)11(9)14/h3-5,15H,6-7H2,1-2H3,(H,16,17). The van der Waals surface area contributed by atoms with Gasteiger partial charge < -0.3 is 5.11 Å². The second kappa shape index (κ2) is 6.30. The first-order valence-corrected chi connectivity index (χ1v) is 7.99. The van der Waals surface area contributed by atoms with Gasteiger partial charge in [0.2, 0.25) is 10.0 Å². The first kappa shape index (κ1) is 17.2. The third-order valence-corrected chi connectivity index (χ3v) is 5.25. The number of benzene rings is 1. The van der Waals surface area contributed by atoms with Crippen molar-refractivity contribution in [3.63, 3.8) is 0 Å². The van der Waals surface area contributed by atoms with Crippen LogP contribution in [0.3, 0.4) is 0 Å². The van der Waals surface area contributed by atoms with Crippen LogP contribution in [-0.4, -0.2) is 25.0 Å². The summed E-state index contributed by atoms with van der Waals surface area (Å²) in [4.78, 5) is 10.4. The summed E-state index contributed by atoms with van der Waals surface area (Å²) in [5, 5.41) is 8.73. The summed E-state index contributed by atoms with van der Waals surface area (Å²) in [6.45, 7) is 3.21. The van der Waals surface area contributed by atoms with Crippen molar-refractivity contribution in [2.24, 2.45) is 0 Å². The third kappa shape index (κ3) is 4.63. The normalized spacial score (nSPS) is 12.4. The van der Waals surface area contributed by atoms with Gasteiger partial charge in [0.1, 0.15) is 4.90 Å². The first-order chi connectivity index (χ1) is 9.05. The monoisotopic (exact) mass is 339 g/mol. The van der Waals surface area contributed by atoms with Gasteiger partial charge in [0.15, 0.2) is 0 Å². The molecule has 0 aromatic heterocycles. The number of rotatable bonds is 6. The van der Waals surface area contributed by atoms with Crippen LogP contribution in [0.1, 0.15) is 26.7 Å². The van der Waals surface area contributed by atoms with Crippen molar-refractivity contribution in [1.29, 1.82) is 0 Å². The molecule has 0 fully saturated rings. The number of carboxylic acids is 1.